The third kappa shape index (κ3) is 11.0. The van der Waals surface area contributed by atoms with Crippen LogP contribution in [0.4, 0.5) is 22.7 Å². The fraction of sp³-hybridized carbons (Fsp3) is 0.259. The van der Waals surface area contributed by atoms with E-state index in [0.29, 0.717) is 39.3 Å². The molecule has 0 saturated carbocycles. The van der Waals surface area contributed by atoms with Gasteiger partial charge in [-0.15, -0.1) is 48.1 Å². The summed E-state index contributed by atoms with van der Waals surface area (Å²) in [4.78, 5) is 8.99. The topological polar surface area (TPSA) is 33.5 Å². The van der Waals surface area contributed by atoms with Gasteiger partial charge in [0.15, 0.2) is 0 Å². The molecule has 0 amide bonds. The van der Waals surface area contributed by atoms with Gasteiger partial charge in [0.25, 0.3) is 0 Å². The molecule has 3 heterocycles. The van der Waals surface area contributed by atoms with Gasteiger partial charge in [-0.1, -0.05) is 217 Å². The first-order valence-corrected chi connectivity index (χ1v) is 29.8. The number of nitrogens with zero attached hydrogens (tertiary/aromatic N) is 4. The fourth-order valence-corrected chi connectivity index (χ4v) is 12.2. The number of ether oxygens (including phenoxy) is 1. The van der Waals surface area contributed by atoms with Crippen molar-refractivity contribution in [3.8, 4) is 61.8 Å². The Kier molecular flexibility index (Phi) is 11.9. The summed E-state index contributed by atoms with van der Waals surface area (Å²) in [6, 6.07) is 51.4. The van der Waals surface area contributed by atoms with Crippen LogP contribution in [-0.2, 0) is 48.1 Å². The van der Waals surface area contributed by atoms with Gasteiger partial charge in [0.05, 0.1) is 11.0 Å². The molecule has 13 rings (SSSR count). The molecule has 0 bridgehead atoms. The van der Waals surface area contributed by atoms with Crippen LogP contribution in [0.25, 0.3) is 72.1 Å². The van der Waals surface area contributed by atoms with Crippen molar-refractivity contribution in [3.63, 3.8) is 0 Å². The zero-order valence-corrected chi connectivity index (χ0v) is 54.1. The van der Waals surface area contributed by atoms with E-state index in [1.807, 2.05) is 73.4 Å². The molecule has 9 aromatic carbocycles. The number of aryl methyl sites for hydroxylation is 1. The summed E-state index contributed by atoms with van der Waals surface area (Å²) in [6.07, 6.45) is 2.93. The van der Waals surface area contributed by atoms with Crippen molar-refractivity contribution in [3.05, 3.63) is 246 Å². The summed E-state index contributed by atoms with van der Waals surface area (Å²) >= 11 is 0. The van der Waals surface area contributed by atoms with Gasteiger partial charge in [-0.25, -0.2) is 4.98 Å². The molecular weight excluding hydrogens is 1240 g/mol. The van der Waals surface area contributed by atoms with E-state index in [4.69, 9.17) is 20.7 Å². The molecule has 0 radical (unpaired) electrons. The van der Waals surface area contributed by atoms with Crippen LogP contribution in [0.5, 0.6) is 11.5 Å². The number of rotatable bonds is 9. The van der Waals surface area contributed by atoms with Gasteiger partial charge in [-0.2, -0.15) is 12.1 Å². The molecule has 1 aliphatic carbocycles. The summed E-state index contributed by atoms with van der Waals surface area (Å²) in [6.45, 7) is 28.0. The van der Waals surface area contributed by atoms with Crippen LogP contribution in [0.15, 0.2) is 194 Å². The number of hydrogen-bond acceptors (Lipinski definition) is 4. The predicted molar refractivity (Wildman–Crippen MR) is 362 cm³/mol. The number of hydrogen-bond donors (Lipinski definition) is 0. The number of pyridine rings is 1. The van der Waals surface area contributed by atoms with E-state index in [1.165, 1.54) is 23.4 Å². The van der Waals surface area contributed by atoms with Gasteiger partial charge < -0.3 is 19.1 Å². The summed E-state index contributed by atoms with van der Waals surface area (Å²) in [5.41, 5.74) is 12.6. The average Bonchev–Trinajstić information content (AvgIpc) is 0.891. The quantitative estimate of drug-likeness (QED) is 0.135. The van der Waals surface area contributed by atoms with E-state index >= 15 is 0 Å². The van der Waals surface area contributed by atoms with Crippen molar-refractivity contribution in [1.82, 2.24) is 9.55 Å². The molecular formula is C81H79N4OPt-3. The SMILES string of the molecule is [2H]c1c([2H])c([2H])c(-c2cnc(-n3c4[c-]c(Oc5[c-]c(N6[CH-]N(c7c(-c8ccc(-c9cc(C(C)(C)C)cc(C(C)(C)C)c9)cc8)cc(C(C)(C)C)cc7-c7c([2H])c([2H])c8c(c7[2H])C(C)(C)CCC8(C)C)c7ccccc76)ccc5)ccc4c4ccccc43)cc2C([2H])([2H])[2H])c([2H])c1[2H].[Pt]. The van der Waals surface area contributed by atoms with Crippen molar-refractivity contribution >= 4 is 44.6 Å². The normalized spacial score (nSPS) is 16.6. The molecule has 442 valence electrons. The Balaban J connectivity index is 0.00000914. The van der Waals surface area contributed by atoms with Crippen LogP contribution in [0.2, 0.25) is 0 Å². The van der Waals surface area contributed by atoms with Gasteiger partial charge >= 0.3 is 0 Å². The number of anilines is 4. The monoisotopic (exact) mass is 1330 g/mol. The molecule has 1 aliphatic heterocycles. The van der Waals surface area contributed by atoms with Crippen LogP contribution in [0.3, 0.4) is 0 Å². The van der Waals surface area contributed by atoms with Gasteiger partial charge in [-0.3, -0.25) is 0 Å². The maximum atomic E-state index is 10.5. The molecule has 2 aromatic heterocycles. The first-order chi connectivity index (χ1) is 45.4. The molecule has 87 heavy (non-hydrogen) atoms. The van der Waals surface area contributed by atoms with Gasteiger partial charge in [-0.05, 0) is 150 Å². The smallest absolute Gasteiger partial charge is 0.135 e. The Morgan fingerprint density at radius 2 is 1.15 bits per heavy atom. The van der Waals surface area contributed by atoms with E-state index in [-0.39, 0.29) is 77.9 Å². The van der Waals surface area contributed by atoms with Crippen LogP contribution in [-0.4, -0.2) is 9.55 Å². The van der Waals surface area contributed by atoms with Crippen molar-refractivity contribution in [2.24, 2.45) is 0 Å². The van der Waals surface area contributed by atoms with Crippen molar-refractivity contribution < 1.29 is 40.9 Å². The molecule has 0 unspecified atom stereocenters. The third-order valence-corrected chi connectivity index (χ3v) is 17.5. The first kappa shape index (κ1) is 47.1. The summed E-state index contributed by atoms with van der Waals surface area (Å²) < 4.78 is 108. The van der Waals surface area contributed by atoms with Crippen molar-refractivity contribution in [2.45, 2.75) is 137 Å². The second-order valence-corrected chi connectivity index (χ2v) is 27.7. The number of fused-ring (bicyclic) bond motifs is 5. The minimum atomic E-state index is -2.79. The largest absolute Gasteiger partial charge is 0.509 e. The van der Waals surface area contributed by atoms with E-state index in [1.54, 1.807) is 4.57 Å². The predicted octanol–water partition coefficient (Wildman–Crippen LogP) is 22.2. The second kappa shape index (κ2) is 22.0. The van der Waals surface area contributed by atoms with Crippen molar-refractivity contribution in [1.29, 1.82) is 0 Å². The Bertz CT molecular complexity index is 4990. The van der Waals surface area contributed by atoms with E-state index in [2.05, 4.69) is 179 Å². The zero-order chi connectivity index (χ0) is 69.7. The van der Waals surface area contributed by atoms with Gasteiger partial charge in [0.1, 0.15) is 5.82 Å². The molecule has 6 heteroatoms. The Labute approximate surface area is 546 Å². The number of aromatic nitrogens is 2. The van der Waals surface area contributed by atoms with E-state index < -0.39 is 47.9 Å². The summed E-state index contributed by atoms with van der Waals surface area (Å²) in [7, 11) is 0. The maximum absolute atomic E-state index is 10.5. The molecule has 11 aromatic rings. The second-order valence-electron chi connectivity index (χ2n) is 27.7. The van der Waals surface area contributed by atoms with Gasteiger partial charge in [0, 0.05) is 82.1 Å². The van der Waals surface area contributed by atoms with Crippen LogP contribution < -0.4 is 14.5 Å². The summed E-state index contributed by atoms with van der Waals surface area (Å²) in [5.74, 6) is 0.890. The minimum Gasteiger partial charge on any atom is -0.509 e. The molecule has 0 spiro atoms. The molecule has 0 saturated heterocycles. The molecule has 0 fully saturated rings. The molecule has 0 atom stereocenters. The fourth-order valence-electron chi connectivity index (χ4n) is 12.2. The maximum Gasteiger partial charge on any atom is 0.135 e. The summed E-state index contributed by atoms with van der Waals surface area (Å²) in [5, 5.41) is 1.61. The molecule has 5 nitrogen and oxygen atoms in total. The third-order valence-electron chi connectivity index (χ3n) is 17.5. The molecule has 0 N–H and O–H groups in total. The van der Waals surface area contributed by atoms with E-state index in [0.717, 1.165) is 79.6 Å². The van der Waals surface area contributed by atoms with Gasteiger partial charge in [0.2, 0.25) is 0 Å². The van der Waals surface area contributed by atoms with Crippen LogP contribution in [0, 0.1) is 25.7 Å². The molecule has 2 aliphatic rings. The standard InChI is InChI=1S/C81H79N4O.Pt/c1-52-41-75(82-50-68(52)54-23-16-15-17-24-54)85-71-28-19-18-27-64(71)65-37-36-63(49-74(65)85)86-62-26-22-25-61(48-62)83-51-84(73-30-21-20-29-72(73)83)76-66(55-33-31-53(32-34-55)57-42-58(77(2,3)4)45-59(43-57)78(5,6)7)46-60(79(8,9)10)47-67(76)56-35-38-69-70(44-56)81(13,14)40-39-80(69,11)12;/h15-38,41-47,50-51H,39-40H2,1-14H3;/q-3;/i1D3,15D,16D,17D,23D,24D,35D,38D,44D;. The Morgan fingerprint density at radius 3 is 1.83 bits per heavy atom. The van der Waals surface area contributed by atoms with Crippen LogP contribution >= 0.6 is 0 Å². The minimum absolute atomic E-state index is 0. The zero-order valence-electron chi connectivity index (χ0n) is 62.9. The van der Waals surface area contributed by atoms with Crippen LogP contribution in [0.1, 0.15) is 151 Å². The van der Waals surface area contributed by atoms with E-state index in [9.17, 15) is 4.11 Å². The van der Waals surface area contributed by atoms with Crippen molar-refractivity contribution in [2.75, 3.05) is 9.80 Å². The Morgan fingerprint density at radius 1 is 0.540 bits per heavy atom. The Hall–Kier alpha value is -7.98. The number of para-hydroxylation sites is 3. The average molecular weight is 1330 g/mol. The number of benzene rings is 9. The first-order valence-electron chi connectivity index (χ1n) is 35.3.